The molecule has 9 nitrogen and oxygen atoms in total. The number of nitrogens with two attached hydrogens (primary N) is 1. The Hall–Kier alpha value is -4.02. The summed E-state index contributed by atoms with van der Waals surface area (Å²) in [6.07, 6.45) is 1.90. The SMILES string of the molecule is CC(C)(C)OC(=O)NC(C)(C)c1cc(-c2ccc(F)cc2)nc(C(C)(N)CCC(=O)c2ccc(OC3CC3)c(OCCO)c2)c1. The molecule has 1 saturated carbocycles. The molecule has 0 radical (unpaired) electrons. The maximum Gasteiger partial charge on any atom is 0.408 e. The van der Waals surface area contributed by atoms with Gasteiger partial charge in [-0.1, -0.05) is 0 Å². The van der Waals surface area contributed by atoms with E-state index in [1.807, 2.05) is 26.0 Å². The van der Waals surface area contributed by atoms with Gasteiger partial charge in [-0.05, 0) is 121 Å². The Kier molecular flexibility index (Phi) is 10.2. The normalized spacial score (nSPS) is 14.8. The van der Waals surface area contributed by atoms with E-state index in [-0.39, 0.29) is 43.8 Å². The summed E-state index contributed by atoms with van der Waals surface area (Å²) in [5.41, 5.74) is 7.10. The molecule has 0 aliphatic heterocycles. The number of hydrogen-bond acceptors (Lipinski definition) is 8. The molecule has 1 aromatic heterocycles. The van der Waals surface area contributed by atoms with Crippen LogP contribution in [0.3, 0.4) is 0 Å². The van der Waals surface area contributed by atoms with E-state index < -0.39 is 22.8 Å². The van der Waals surface area contributed by atoms with Gasteiger partial charge in [-0.3, -0.25) is 9.78 Å². The summed E-state index contributed by atoms with van der Waals surface area (Å²) in [6.45, 7) is 10.8. The number of benzene rings is 2. The van der Waals surface area contributed by atoms with Gasteiger partial charge in [0, 0.05) is 17.5 Å². The number of ether oxygens (including phenoxy) is 3. The number of aromatic nitrogens is 1. The number of rotatable bonds is 13. The van der Waals surface area contributed by atoms with Crippen molar-refractivity contribution in [3.05, 3.63) is 77.2 Å². The third-order valence-electron chi connectivity index (χ3n) is 7.39. The molecule has 10 heteroatoms. The fourth-order valence-electron chi connectivity index (χ4n) is 4.64. The van der Waals surface area contributed by atoms with Gasteiger partial charge in [-0.25, -0.2) is 9.18 Å². The van der Waals surface area contributed by atoms with Gasteiger partial charge >= 0.3 is 6.09 Å². The molecule has 0 saturated heterocycles. The van der Waals surface area contributed by atoms with Gasteiger partial charge in [0.15, 0.2) is 17.3 Å². The van der Waals surface area contributed by atoms with Crippen LogP contribution >= 0.6 is 0 Å². The molecule has 1 unspecified atom stereocenters. The highest BCUT2D eigenvalue weighted by Gasteiger charge is 2.31. The van der Waals surface area contributed by atoms with E-state index in [9.17, 15) is 19.1 Å². The Morgan fingerprint density at radius 1 is 1.00 bits per heavy atom. The second-order valence-electron chi connectivity index (χ2n) is 13.3. The topological polar surface area (TPSA) is 133 Å². The van der Waals surface area contributed by atoms with Gasteiger partial charge < -0.3 is 30.4 Å². The third-order valence-corrected chi connectivity index (χ3v) is 7.39. The lowest BCUT2D eigenvalue weighted by molar-refractivity contribution is 0.0470. The van der Waals surface area contributed by atoms with E-state index in [4.69, 9.17) is 24.9 Å². The number of aliphatic hydroxyl groups is 1. The van der Waals surface area contributed by atoms with Crippen molar-refractivity contribution >= 4 is 11.9 Å². The lowest BCUT2D eigenvalue weighted by Crippen LogP contribution is -2.44. The molecule has 0 spiro atoms. The van der Waals surface area contributed by atoms with Crippen LogP contribution in [0, 0.1) is 5.82 Å². The molecule has 1 heterocycles. The average molecular weight is 622 g/mol. The van der Waals surface area contributed by atoms with Crippen molar-refractivity contribution in [1.29, 1.82) is 0 Å². The Morgan fingerprint density at radius 3 is 2.31 bits per heavy atom. The van der Waals surface area contributed by atoms with Gasteiger partial charge in [0.2, 0.25) is 0 Å². The van der Waals surface area contributed by atoms with E-state index in [1.165, 1.54) is 12.1 Å². The van der Waals surface area contributed by atoms with Crippen LogP contribution in [-0.2, 0) is 15.8 Å². The summed E-state index contributed by atoms with van der Waals surface area (Å²) in [7, 11) is 0. The van der Waals surface area contributed by atoms with E-state index in [2.05, 4.69) is 5.32 Å². The number of hydrogen-bond donors (Lipinski definition) is 3. The zero-order valence-corrected chi connectivity index (χ0v) is 26.9. The largest absolute Gasteiger partial charge is 0.487 e. The van der Waals surface area contributed by atoms with Crippen LogP contribution in [0.25, 0.3) is 11.3 Å². The number of alkyl carbamates (subject to hydrolysis) is 1. The van der Waals surface area contributed by atoms with Crippen molar-refractivity contribution in [2.24, 2.45) is 5.73 Å². The molecule has 1 amide bonds. The molecular weight excluding hydrogens is 577 g/mol. The van der Waals surface area contributed by atoms with Gasteiger partial charge in [0.1, 0.15) is 18.0 Å². The summed E-state index contributed by atoms with van der Waals surface area (Å²) in [5.74, 6) is 0.444. The molecule has 4 rings (SSSR count). The lowest BCUT2D eigenvalue weighted by Gasteiger charge is -2.31. The highest BCUT2D eigenvalue weighted by Crippen LogP contribution is 2.36. The van der Waals surface area contributed by atoms with Crippen molar-refractivity contribution < 1.29 is 33.3 Å². The molecule has 4 N–H and O–H groups in total. The standard InChI is InChI=1S/C35H44FN3O6/c1-33(2,3)45-32(42)39-34(4,5)24-20-27(22-7-10-25(36)11-8-22)38-31(21-24)35(6,37)16-15-28(41)23-9-14-29(44-26-12-13-26)30(19-23)43-18-17-40/h7-11,14,19-21,26,40H,12-13,15-18,37H2,1-6H3,(H,39,42). The molecule has 0 bridgehead atoms. The van der Waals surface area contributed by atoms with Crippen LogP contribution < -0.4 is 20.5 Å². The summed E-state index contributed by atoms with van der Waals surface area (Å²) >= 11 is 0. The third kappa shape index (κ3) is 9.48. The van der Waals surface area contributed by atoms with Crippen LogP contribution in [0.4, 0.5) is 9.18 Å². The number of halogens is 1. The molecule has 1 aliphatic rings. The number of carbonyl (C=O) groups excluding carboxylic acids is 2. The number of pyridine rings is 1. The van der Waals surface area contributed by atoms with Crippen LogP contribution in [-0.4, -0.2) is 46.9 Å². The van der Waals surface area contributed by atoms with Crippen LogP contribution in [0.1, 0.15) is 88.8 Å². The Labute approximate surface area is 264 Å². The number of nitrogens with zero attached hydrogens (tertiary/aromatic N) is 1. The van der Waals surface area contributed by atoms with Gasteiger partial charge in [0.25, 0.3) is 0 Å². The molecular formula is C35H44FN3O6. The molecule has 3 aromatic rings. The molecule has 2 aromatic carbocycles. The molecule has 1 fully saturated rings. The van der Waals surface area contributed by atoms with Crippen molar-refractivity contribution in [3.63, 3.8) is 0 Å². The lowest BCUT2D eigenvalue weighted by atomic mass is 9.86. The monoisotopic (exact) mass is 621 g/mol. The van der Waals surface area contributed by atoms with Crippen molar-refractivity contribution in [1.82, 2.24) is 10.3 Å². The number of carbonyl (C=O) groups is 2. The summed E-state index contributed by atoms with van der Waals surface area (Å²) < 4.78 is 30.8. The van der Waals surface area contributed by atoms with E-state index in [0.717, 1.165) is 12.8 Å². The predicted molar refractivity (Wildman–Crippen MR) is 170 cm³/mol. The molecule has 45 heavy (non-hydrogen) atoms. The first kappa shape index (κ1) is 33.9. The van der Waals surface area contributed by atoms with Crippen molar-refractivity contribution in [2.75, 3.05) is 13.2 Å². The number of amides is 1. The fraction of sp³-hybridized carbons (Fsp3) is 0.457. The molecule has 1 atom stereocenters. The Balaban J connectivity index is 1.60. The summed E-state index contributed by atoms with van der Waals surface area (Å²) in [6, 6.07) is 14.7. The zero-order chi connectivity index (χ0) is 33.0. The number of Topliss-reactive ketones (excluding diaryl/α,β-unsaturated/α-hetero) is 1. The van der Waals surface area contributed by atoms with Crippen molar-refractivity contribution in [2.45, 2.75) is 90.0 Å². The highest BCUT2D eigenvalue weighted by atomic mass is 19.1. The van der Waals surface area contributed by atoms with Crippen LogP contribution in [0.15, 0.2) is 54.6 Å². The maximum absolute atomic E-state index is 13.7. The molecule has 242 valence electrons. The number of nitrogens with one attached hydrogen (secondary N) is 1. The summed E-state index contributed by atoms with van der Waals surface area (Å²) in [5, 5.41) is 12.2. The number of ketones is 1. The minimum absolute atomic E-state index is 0.0804. The second-order valence-corrected chi connectivity index (χ2v) is 13.3. The van der Waals surface area contributed by atoms with E-state index in [0.29, 0.717) is 39.6 Å². The summed E-state index contributed by atoms with van der Waals surface area (Å²) in [4.78, 5) is 30.9. The van der Waals surface area contributed by atoms with Crippen LogP contribution in [0.5, 0.6) is 11.5 Å². The minimum atomic E-state index is -1.05. The van der Waals surface area contributed by atoms with E-state index in [1.54, 1.807) is 58.0 Å². The maximum atomic E-state index is 13.7. The first-order valence-corrected chi connectivity index (χ1v) is 15.2. The van der Waals surface area contributed by atoms with Crippen LogP contribution in [0.2, 0.25) is 0 Å². The quantitative estimate of drug-likeness (QED) is 0.187. The van der Waals surface area contributed by atoms with Gasteiger partial charge in [-0.15, -0.1) is 0 Å². The first-order chi connectivity index (χ1) is 21.1. The second kappa shape index (κ2) is 13.5. The first-order valence-electron chi connectivity index (χ1n) is 15.2. The minimum Gasteiger partial charge on any atom is -0.487 e. The molecule has 1 aliphatic carbocycles. The van der Waals surface area contributed by atoms with Crippen molar-refractivity contribution in [3.8, 4) is 22.8 Å². The Morgan fingerprint density at radius 2 is 1.69 bits per heavy atom. The Bertz CT molecular complexity index is 1510. The predicted octanol–water partition coefficient (Wildman–Crippen LogP) is 6.40. The average Bonchev–Trinajstić information content (AvgIpc) is 3.78. The van der Waals surface area contributed by atoms with Gasteiger partial charge in [0.05, 0.1) is 35.2 Å². The smallest absolute Gasteiger partial charge is 0.408 e. The van der Waals surface area contributed by atoms with E-state index >= 15 is 0 Å². The number of aliphatic hydroxyl groups excluding tert-OH is 1. The van der Waals surface area contributed by atoms with Gasteiger partial charge in [-0.2, -0.15) is 0 Å². The fourth-order valence-corrected chi connectivity index (χ4v) is 4.64. The zero-order valence-electron chi connectivity index (χ0n) is 26.9. The highest BCUT2D eigenvalue weighted by molar-refractivity contribution is 5.96.